The first kappa shape index (κ1) is 20.5. The van der Waals surface area contributed by atoms with Gasteiger partial charge in [-0.15, -0.1) is 11.3 Å². The quantitative estimate of drug-likeness (QED) is 0.482. The molecule has 1 aromatic heterocycles. The Hall–Kier alpha value is -1.51. The van der Waals surface area contributed by atoms with Crippen molar-refractivity contribution in [2.24, 2.45) is 11.7 Å². The summed E-state index contributed by atoms with van der Waals surface area (Å²) in [6, 6.07) is -1.08. The molecule has 0 aromatic carbocycles. The Labute approximate surface area is 147 Å². The van der Waals surface area contributed by atoms with E-state index in [0.29, 0.717) is 19.5 Å². The van der Waals surface area contributed by atoms with Crippen LogP contribution in [0.25, 0.3) is 0 Å². The largest absolute Gasteiger partial charge is 0.355 e. The molecule has 24 heavy (non-hydrogen) atoms. The second kappa shape index (κ2) is 10.4. The second-order valence-corrected chi connectivity index (χ2v) is 6.92. The molecule has 7 nitrogen and oxygen atoms in total. The molecular formula is C16H29N5O2S. The highest BCUT2D eigenvalue weighted by Gasteiger charge is 2.25. The third kappa shape index (κ3) is 6.94. The van der Waals surface area contributed by atoms with Gasteiger partial charge in [-0.25, -0.2) is 4.98 Å². The van der Waals surface area contributed by atoms with Crippen LogP contribution in [0.2, 0.25) is 0 Å². The zero-order valence-electron chi connectivity index (χ0n) is 14.8. The maximum atomic E-state index is 12.3. The molecule has 0 bridgehead atoms. The van der Waals surface area contributed by atoms with Gasteiger partial charge in [-0.1, -0.05) is 13.8 Å². The van der Waals surface area contributed by atoms with Gasteiger partial charge in [-0.2, -0.15) is 0 Å². The van der Waals surface area contributed by atoms with Gasteiger partial charge < -0.3 is 21.7 Å². The van der Waals surface area contributed by atoms with E-state index in [1.54, 1.807) is 12.4 Å². The Kier molecular flexibility index (Phi) is 8.88. The number of amides is 2. The highest BCUT2D eigenvalue weighted by molar-refractivity contribution is 7.07. The molecule has 5 N–H and O–H groups in total. The van der Waals surface area contributed by atoms with Gasteiger partial charge >= 0.3 is 0 Å². The van der Waals surface area contributed by atoms with Gasteiger partial charge in [0.2, 0.25) is 11.8 Å². The lowest BCUT2D eigenvalue weighted by atomic mass is 10.0. The van der Waals surface area contributed by atoms with Crippen LogP contribution >= 0.6 is 11.3 Å². The molecule has 0 fully saturated rings. The highest BCUT2D eigenvalue weighted by Crippen LogP contribution is 2.04. The molecule has 2 amide bonds. The van der Waals surface area contributed by atoms with Gasteiger partial charge in [0.1, 0.15) is 6.04 Å². The molecule has 0 aliphatic heterocycles. The van der Waals surface area contributed by atoms with Crippen LogP contribution in [0.4, 0.5) is 0 Å². The van der Waals surface area contributed by atoms with Crippen LogP contribution in [0, 0.1) is 5.92 Å². The number of carbonyl (C=O) groups is 2. The SMILES string of the molecule is CCNC(=O)[C@@H](NC(=O)[C@H](C)NC[C@@H](N)Cc1cscn1)C(C)C. The van der Waals surface area contributed by atoms with E-state index < -0.39 is 12.1 Å². The molecule has 0 radical (unpaired) electrons. The first-order chi connectivity index (χ1) is 11.3. The molecular weight excluding hydrogens is 326 g/mol. The van der Waals surface area contributed by atoms with Gasteiger partial charge in [0.05, 0.1) is 17.2 Å². The van der Waals surface area contributed by atoms with Crippen LogP contribution < -0.4 is 21.7 Å². The minimum atomic E-state index is -0.537. The Morgan fingerprint density at radius 2 is 2.00 bits per heavy atom. The van der Waals surface area contributed by atoms with Crippen LogP contribution in [0.3, 0.4) is 0 Å². The van der Waals surface area contributed by atoms with E-state index in [9.17, 15) is 9.59 Å². The Bertz CT molecular complexity index is 507. The first-order valence-electron chi connectivity index (χ1n) is 8.29. The summed E-state index contributed by atoms with van der Waals surface area (Å²) < 4.78 is 0. The fourth-order valence-electron chi connectivity index (χ4n) is 2.20. The number of thiazole rings is 1. The third-order valence-electron chi connectivity index (χ3n) is 3.63. The topological polar surface area (TPSA) is 109 Å². The average Bonchev–Trinajstić information content (AvgIpc) is 3.02. The van der Waals surface area contributed by atoms with Crippen molar-refractivity contribution < 1.29 is 9.59 Å². The molecule has 0 saturated carbocycles. The maximum absolute atomic E-state index is 12.3. The van der Waals surface area contributed by atoms with Crippen LogP contribution in [-0.4, -0.2) is 48.0 Å². The standard InChI is InChI=1S/C16H29N5O2S/c1-5-18-16(23)14(10(2)3)21-15(22)11(4)19-7-12(17)6-13-8-24-9-20-13/h8-12,14,19H,5-7,17H2,1-4H3,(H,18,23)(H,21,22)/t11-,12-,14-/m0/s1. The number of nitrogens with two attached hydrogens (primary N) is 1. The summed E-state index contributed by atoms with van der Waals surface area (Å²) in [6.07, 6.45) is 0.665. The van der Waals surface area contributed by atoms with Gasteiger partial charge in [0, 0.05) is 30.9 Å². The van der Waals surface area contributed by atoms with E-state index in [-0.39, 0.29) is 23.8 Å². The Morgan fingerprint density at radius 1 is 1.29 bits per heavy atom. The van der Waals surface area contributed by atoms with Crippen LogP contribution in [0.1, 0.15) is 33.4 Å². The number of nitrogens with zero attached hydrogens (tertiary/aromatic N) is 1. The van der Waals surface area contributed by atoms with Gasteiger partial charge in [0.25, 0.3) is 0 Å². The average molecular weight is 356 g/mol. The van der Waals surface area contributed by atoms with E-state index in [1.807, 2.05) is 26.2 Å². The maximum Gasteiger partial charge on any atom is 0.242 e. The molecule has 1 aromatic rings. The summed E-state index contributed by atoms with van der Waals surface area (Å²) in [5.41, 5.74) is 8.79. The Balaban J connectivity index is 2.43. The van der Waals surface area contributed by atoms with E-state index in [4.69, 9.17) is 5.73 Å². The van der Waals surface area contributed by atoms with Crippen molar-refractivity contribution in [2.75, 3.05) is 13.1 Å². The van der Waals surface area contributed by atoms with Gasteiger partial charge in [0.15, 0.2) is 0 Å². The zero-order chi connectivity index (χ0) is 18.1. The number of aromatic nitrogens is 1. The van der Waals surface area contributed by atoms with Crippen LogP contribution in [-0.2, 0) is 16.0 Å². The second-order valence-electron chi connectivity index (χ2n) is 6.20. The Morgan fingerprint density at radius 3 is 2.54 bits per heavy atom. The molecule has 0 spiro atoms. The van der Waals surface area contributed by atoms with Crippen LogP contribution in [0.15, 0.2) is 10.9 Å². The van der Waals surface area contributed by atoms with Gasteiger partial charge in [-0.3, -0.25) is 9.59 Å². The van der Waals surface area contributed by atoms with Crippen molar-refractivity contribution in [3.63, 3.8) is 0 Å². The predicted octanol–water partition coefficient (Wildman–Crippen LogP) is 0.268. The van der Waals surface area contributed by atoms with Crippen molar-refractivity contribution in [3.05, 3.63) is 16.6 Å². The molecule has 136 valence electrons. The molecule has 0 aliphatic carbocycles. The third-order valence-corrected chi connectivity index (χ3v) is 4.27. The van der Waals surface area contributed by atoms with E-state index >= 15 is 0 Å². The molecule has 3 atom stereocenters. The van der Waals surface area contributed by atoms with Crippen molar-refractivity contribution in [1.29, 1.82) is 0 Å². The van der Waals surface area contributed by atoms with Crippen molar-refractivity contribution in [2.45, 2.75) is 52.2 Å². The molecule has 0 aliphatic rings. The van der Waals surface area contributed by atoms with Gasteiger partial charge in [-0.05, 0) is 19.8 Å². The van der Waals surface area contributed by atoms with Crippen molar-refractivity contribution in [1.82, 2.24) is 20.9 Å². The van der Waals surface area contributed by atoms with Crippen LogP contribution in [0.5, 0.6) is 0 Å². The summed E-state index contributed by atoms with van der Waals surface area (Å²) in [7, 11) is 0. The molecule has 8 heteroatoms. The molecule has 0 saturated heterocycles. The zero-order valence-corrected chi connectivity index (χ0v) is 15.7. The summed E-state index contributed by atoms with van der Waals surface area (Å²) in [4.78, 5) is 28.5. The normalized spacial score (nSPS) is 14.9. The first-order valence-corrected chi connectivity index (χ1v) is 9.23. The minimum absolute atomic E-state index is 0.0135. The number of hydrogen-bond donors (Lipinski definition) is 4. The van der Waals surface area contributed by atoms with Crippen molar-refractivity contribution >= 4 is 23.2 Å². The van der Waals surface area contributed by atoms with E-state index in [1.165, 1.54) is 11.3 Å². The van der Waals surface area contributed by atoms with E-state index in [2.05, 4.69) is 20.9 Å². The lowest BCUT2D eigenvalue weighted by Gasteiger charge is -2.24. The monoisotopic (exact) mass is 355 g/mol. The summed E-state index contributed by atoms with van der Waals surface area (Å²) in [5.74, 6) is -0.353. The smallest absolute Gasteiger partial charge is 0.242 e. The van der Waals surface area contributed by atoms with E-state index in [0.717, 1.165) is 5.69 Å². The summed E-state index contributed by atoms with van der Waals surface area (Å²) in [5, 5.41) is 10.6. The lowest BCUT2D eigenvalue weighted by Crippen LogP contribution is -2.55. The minimum Gasteiger partial charge on any atom is -0.355 e. The van der Waals surface area contributed by atoms with Crippen molar-refractivity contribution in [3.8, 4) is 0 Å². The number of rotatable bonds is 10. The molecule has 1 heterocycles. The highest BCUT2D eigenvalue weighted by atomic mass is 32.1. The molecule has 1 rings (SSSR count). The number of carbonyl (C=O) groups excluding carboxylic acids is 2. The summed E-state index contributed by atoms with van der Waals surface area (Å²) >= 11 is 1.54. The summed E-state index contributed by atoms with van der Waals surface area (Å²) in [6.45, 7) is 8.46. The fraction of sp³-hybridized carbons (Fsp3) is 0.688. The predicted molar refractivity (Wildman–Crippen MR) is 96.7 cm³/mol. The number of hydrogen-bond acceptors (Lipinski definition) is 6. The number of nitrogens with one attached hydrogen (secondary N) is 3. The number of likely N-dealkylation sites (N-methyl/N-ethyl adjacent to an activating group) is 1. The lowest BCUT2D eigenvalue weighted by molar-refractivity contribution is -0.130. The molecule has 0 unspecified atom stereocenters. The fourth-order valence-corrected chi connectivity index (χ4v) is 2.77.